The highest BCUT2D eigenvalue weighted by Gasteiger charge is 2.24. The van der Waals surface area contributed by atoms with E-state index in [1.54, 1.807) is 0 Å². The first-order chi connectivity index (χ1) is 9.40. The fourth-order valence-corrected chi connectivity index (χ4v) is 2.84. The van der Waals surface area contributed by atoms with E-state index >= 15 is 0 Å². The van der Waals surface area contributed by atoms with Gasteiger partial charge < -0.3 is 10.1 Å². The van der Waals surface area contributed by atoms with Crippen LogP contribution in [0.1, 0.15) is 44.6 Å². The molecular formula is C17H27NO. The van der Waals surface area contributed by atoms with E-state index in [2.05, 4.69) is 42.6 Å². The molecule has 2 rings (SSSR count). The number of aryl methyl sites for hydroxylation is 1. The Labute approximate surface area is 117 Å². The SMILES string of the molecule is CCCNC(CCCc1ccccc1)C1CCCO1. The van der Waals surface area contributed by atoms with E-state index in [9.17, 15) is 0 Å². The molecule has 1 fully saturated rings. The minimum absolute atomic E-state index is 0.447. The molecule has 1 aliphatic rings. The summed E-state index contributed by atoms with van der Waals surface area (Å²) in [7, 11) is 0. The van der Waals surface area contributed by atoms with Crippen LogP contribution in [0.3, 0.4) is 0 Å². The molecule has 0 amide bonds. The first kappa shape index (κ1) is 14.5. The van der Waals surface area contributed by atoms with E-state index in [-0.39, 0.29) is 0 Å². The quantitative estimate of drug-likeness (QED) is 0.772. The lowest BCUT2D eigenvalue weighted by Gasteiger charge is -2.24. The van der Waals surface area contributed by atoms with Crippen molar-refractivity contribution < 1.29 is 4.74 Å². The summed E-state index contributed by atoms with van der Waals surface area (Å²) < 4.78 is 5.85. The summed E-state index contributed by atoms with van der Waals surface area (Å²) in [4.78, 5) is 0. The molecule has 2 unspecified atom stereocenters. The molecule has 2 nitrogen and oxygen atoms in total. The largest absolute Gasteiger partial charge is 0.377 e. The van der Waals surface area contributed by atoms with Gasteiger partial charge in [-0.2, -0.15) is 0 Å². The van der Waals surface area contributed by atoms with Crippen LogP contribution in [0.4, 0.5) is 0 Å². The number of hydrogen-bond donors (Lipinski definition) is 1. The second kappa shape index (κ2) is 8.34. The van der Waals surface area contributed by atoms with Crippen LogP contribution in [0, 0.1) is 0 Å². The molecule has 106 valence electrons. The second-order valence-corrected chi connectivity index (χ2v) is 5.49. The highest BCUT2D eigenvalue weighted by molar-refractivity contribution is 5.14. The molecule has 1 N–H and O–H groups in total. The molecule has 0 aromatic heterocycles. The zero-order chi connectivity index (χ0) is 13.3. The smallest absolute Gasteiger partial charge is 0.0728 e. The van der Waals surface area contributed by atoms with Gasteiger partial charge in [-0.3, -0.25) is 0 Å². The van der Waals surface area contributed by atoms with Crippen molar-refractivity contribution in [2.75, 3.05) is 13.2 Å². The molecule has 0 aliphatic carbocycles. The summed E-state index contributed by atoms with van der Waals surface area (Å²) in [6.07, 6.45) is 7.74. The molecule has 0 spiro atoms. The summed E-state index contributed by atoms with van der Waals surface area (Å²) >= 11 is 0. The minimum Gasteiger partial charge on any atom is -0.377 e. The Balaban J connectivity index is 1.75. The van der Waals surface area contributed by atoms with Gasteiger partial charge in [0.15, 0.2) is 0 Å². The molecule has 1 heterocycles. The summed E-state index contributed by atoms with van der Waals surface area (Å²) in [5.41, 5.74) is 1.45. The Morgan fingerprint density at radius 1 is 1.32 bits per heavy atom. The zero-order valence-electron chi connectivity index (χ0n) is 12.1. The van der Waals surface area contributed by atoms with Crippen LogP contribution in [0.25, 0.3) is 0 Å². The Morgan fingerprint density at radius 2 is 2.16 bits per heavy atom. The fraction of sp³-hybridized carbons (Fsp3) is 0.647. The molecular weight excluding hydrogens is 234 g/mol. The van der Waals surface area contributed by atoms with Crippen LogP contribution in [0.15, 0.2) is 30.3 Å². The van der Waals surface area contributed by atoms with Gasteiger partial charge in [0.2, 0.25) is 0 Å². The third kappa shape index (κ3) is 4.96. The highest BCUT2D eigenvalue weighted by atomic mass is 16.5. The number of hydrogen-bond acceptors (Lipinski definition) is 2. The second-order valence-electron chi connectivity index (χ2n) is 5.49. The van der Waals surface area contributed by atoms with Crippen molar-refractivity contribution >= 4 is 0 Å². The first-order valence-corrected chi connectivity index (χ1v) is 7.79. The van der Waals surface area contributed by atoms with Gasteiger partial charge in [-0.15, -0.1) is 0 Å². The Morgan fingerprint density at radius 3 is 2.84 bits per heavy atom. The fourth-order valence-electron chi connectivity index (χ4n) is 2.84. The average Bonchev–Trinajstić information content (AvgIpc) is 2.98. The lowest BCUT2D eigenvalue weighted by Crippen LogP contribution is -2.40. The van der Waals surface area contributed by atoms with Crippen molar-refractivity contribution in [2.45, 2.75) is 57.6 Å². The lowest BCUT2D eigenvalue weighted by atomic mass is 9.99. The molecule has 1 aromatic carbocycles. The van der Waals surface area contributed by atoms with Crippen LogP contribution < -0.4 is 5.32 Å². The van der Waals surface area contributed by atoms with Crippen LogP contribution in [0.2, 0.25) is 0 Å². The molecule has 1 aliphatic heterocycles. The molecule has 1 aromatic rings. The molecule has 2 atom stereocenters. The van der Waals surface area contributed by atoms with Crippen LogP contribution in [-0.4, -0.2) is 25.3 Å². The van der Waals surface area contributed by atoms with Gasteiger partial charge >= 0.3 is 0 Å². The van der Waals surface area contributed by atoms with E-state index in [1.807, 2.05) is 0 Å². The molecule has 0 saturated carbocycles. The van der Waals surface area contributed by atoms with Crippen molar-refractivity contribution in [3.8, 4) is 0 Å². The van der Waals surface area contributed by atoms with Gasteiger partial charge in [-0.05, 0) is 50.6 Å². The third-order valence-corrected chi connectivity index (χ3v) is 3.89. The van der Waals surface area contributed by atoms with Crippen molar-refractivity contribution in [3.05, 3.63) is 35.9 Å². The summed E-state index contributed by atoms with van der Waals surface area (Å²) in [6, 6.07) is 11.3. The van der Waals surface area contributed by atoms with Crippen molar-refractivity contribution in [1.82, 2.24) is 5.32 Å². The van der Waals surface area contributed by atoms with Crippen LogP contribution in [0.5, 0.6) is 0 Å². The highest BCUT2D eigenvalue weighted by Crippen LogP contribution is 2.19. The van der Waals surface area contributed by atoms with Crippen molar-refractivity contribution in [2.24, 2.45) is 0 Å². The predicted octanol–water partition coefficient (Wildman–Crippen LogP) is 3.56. The maximum atomic E-state index is 5.85. The average molecular weight is 261 g/mol. The normalized spacial score (nSPS) is 20.6. The molecule has 1 saturated heterocycles. The maximum absolute atomic E-state index is 5.85. The van der Waals surface area contributed by atoms with E-state index in [4.69, 9.17) is 4.74 Å². The maximum Gasteiger partial charge on any atom is 0.0728 e. The van der Waals surface area contributed by atoms with Gasteiger partial charge in [0.25, 0.3) is 0 Å². The van der Waals surface area contributed by atoms with E-state index in [0.29, 0.717) is 12.1 Å². The summed E-state index contributed by atoms with van der Waals surface area (Å²) in [6.45, 7) is 4.28. The molecule has 19 heavy (non-hydrogen) atoms. The van der Waals surface area contributed by atoms with Gasteiger partial charge in [0, 0.05) is 12.6 Å². The Kier molecular flexibility index (Phi) is 6.38. The minimum atomic E-state index is 0.447. The zero-order valence-corrected chi connectivity index (χ0v) is 12.1. The molecule has 2 heteroatoms. The van der Waals surface area contributed by atoms with E-state index in [0.717, 1.165) is 13.2 Å². The Bertz CT molecular complexity index is 332. The van der Waals surface area contributed by atoms with E-state index < -0.39 is 0 Å². The lowest BCUT2D eigenvalue weighted by molar-refractivity contribution is 0.0749. The van der Waals surface area contributed by atoms with Gasteiger partial charge in [0.05, 0.1) is 6.10 Å². The summed E-state index contributed by atoms with van der Waals surface area (Å²) in [5.74, 6) is 0. The third-order valence-electron chi connectivity index (χ3n) is 3.89. The van der Waals surface area contributed by atoms with Gasteiger partial charge in [-0.25, -0.2) is 0 Å². The number of nitrogens with one attached hydrogen (secondary N) is 1. The topological polar surface area (TPSA) is 21.3 Å². The Hall–Kier alpha value is -0.860. The van der Waals surface area contributed by atoms with Gasteiger partial charge in [0.1, 0.15) is 0 Å². The van der Waals surface area contributed by atoms with Crippen molar-refractivity contribution in [3.63, 3.8) is 0 Å². The standard InChI is InChI=1S/C17H27NO/c1-2-13-18-16(17-12-7-14-19-17)11-6-10-15-8-4-3-5-9-15/h3-5,8-9,16-18H,2,6-7,10-14H2,1H3. The molecule has 0 radical (unpaired) electrons. The van der Waals surface area contributed by atoms with Crippen LogP contribution >= 0.6 is 0 Å². The first-order valence-electron chi connectivity index (χ1n) is 7.79. The van der Waals surface area contributed by atoms with Gasteiger partial charge in [-0.1, -0.05) is 37.3 Å². The summed E-state index contributed by atoms with van der Waals surface area (Å²) in [5, 5.41) is 3.67. The van der Waals surface area contributed by atoms with Crippen LogP contribution in [-0.2, 0) is 11.2 Å². The van der Waals surface area contributed by atoms with E-state index in [1.165, 1.54) is 44.1 Å². The monoisotopic (exact) mass is 261 g/mol. The van der Waals surface area contributed by atoms with Crippen molar-refractivity contribution in [1.29, 1.82) is 0 Å². The molecule has 0 bridgehead atoms. The predicted molar refractivity (Wildman–Crippen MR) is 80.4 cm³/mol. The number of rotatable bonds is 8. The number of ether oxygens (including phenoxy) is 1. The number of benzene rings is 1.